The van der Waals surface area contributed by atoms with Crippen molar-refractivity contribution < 1.29 is 19.1 Å². The topological polar surface area (TPSA) is 122 Å². The summed E-state index contributed by atoms with van der Waals surface area (Å²) in [5, 5.41) is 0. The lowest BCUT2D eigenvalue weighted by molar-refractivity contribution is -0.146. The quantitative estimate of drug-likeness (QED) is 0.381. The monoisotopic (exact) mass is 447 g/mol. The van der Waals surface area contributed by atoms with E-state index in [0.29, 0.717) is 22.3 Å². The molecule has 2 aromatic rings. The summed E-state index contributed by atoms with van der Waals surface area (Å²) in [5.74, 6) is -0.661. The Kier molecular flexibility index (Phi) is 6.29. The van der Waals surface area contributed by atoms with Gasteiger partial charge in [-0.25, -0.2) is 9.97 Å². The summed E-state index contributed by atoms with van der Waals surface area (Å²) in [6, 6.07) is 0. The van der Waals surface area contributed by atoms with Crippen LogP contribution in [-0.4, -0.2) is 44.7 Å². The first-order chi connectivity index (χ1) is 11.4. The number of rotatable bonds is 7. The Hall–Kier alpha value is -1.98. The van der Waals surface area contributed by atoms with Crippen LogP contribution in [0.4, 0.5) is 5.95 Å². The van der Waals surface area contributed by atoms with Crippen LogP contribution in [0.15, 0.2) is 6.33 Å². The molecule has 0 bridgehead atoms. The highest BCUT2D eigenvalue weighted by molar-refractivity contribution is 14.1. The second-order valence-electron chi connectivity index (χ2n) is 5.24. The van der Waals surface area contributed by atoms with Crippen molar-refractivity contribution in [3.8, 4) is 0 Å². The van der Waals surface area contributed by atoms with Crippen LogP contribution in [0.25, 0.3) is 11.2 Å². The van der Waals surface area contributed by atoms with Crippen LogP contribution >= 0.6 is 22.6 Å². The van der Waals surface area contributed by atoms with E-state index in [-0.39, 0.29) is 37.0 Å². The zero-order valence-electron chi connectivity index (χ0n) is 13.4. The van der Waals surface area contributed by atoms with Gasteiger partial charge in [0.05, 0.1) is 19.5 Å². The Morgan fingerprint density at radius 2 is 1.88 bits per heavy atom. The molecule has 2 rings (SSSR count). The van der Waals surface area contributed by atoms with Crippen LogP contribution in [-0.2, 0) is 25.6 Å². The molecule has 0 saturated heterocycles. The molecule has 0 radical (unpaired) electrons. The Morgan fingerprint density at radius 3 is 2.46 bits per heavy atom. The number of fused-ring (bicyclic) bond motifs is 1. The van der Waals surface area contributed by atoms with Gasteiger partial charge in [0.1, 0.15) is 9.22 Å². The number of halogens is 1. The predicted octanol–water partition coefficient (Wildman–Crippen LogP) is 1.15. The number of carbonyl (C=O) groups is 2. The average Bonchev–Trinajstić information content (AvgIpc) is 2.89. The second kappa shape index (κ2) is 8.22. The molecule has 0 amide bonds. The Morgan fingerprint density at radius 1 is 1.25 bits per heavy atom. The summed E-state index contributed by atoms with van der Waals surface area (Å²) in [6.07, 6.45) is 2.29. The third-order valence-electron chi connectivity index (χ3n) is 3.27. The van der Waals surface area contributed by atoms with E-state index in [1.807, 2.05) is 4.57 Å². The molecule has 2 N–H and O–H groups in total. The lowest BCUT2D eigenvalue weighted by Crippen LogP contribution is -2.21. The van der Waals surface area contributed by atoms with Crippen LogP contribution in [0.5, 0.6) is 0 Å². The van der Waals surface area contributed by atoms with Crippen LogP contribution in [0.3, 0.4) is 0 Å². The van der Waals surface area contributed by atoms with Gasteiger partial charge < -0.3 is 19.8 Å². The molecule has 0 unspecified atom stereocenters. The molecule has 130 valence electrons. The van der Waals surface area contributed by atoms with Gasteiger partial charge in [0.2, 0.25) is 5.95 Å². The standard InChI is InChI=1S/C14H18IN5O4/c1-8(21)23-5-10(6-24-9(2)22)3-4-20-7-17-13-11(20)12(15)18-14(16)19-13/h7,10H,3-6H2,1-2H3,(H2,16,18,19). The fourth-order valence-corrected chi connectivity index (χ4v) is 2.93. The van der Waals surface area contributed by atoms with Crippen molar-refractivity contribution in [3.63, 3.8) is 0 Å². The molecule has 24 heavy (non-hydrogen) atoms. The molecular formula is C14H18IN5O4. The number of nitrogens with two attached hydrogens (primary N) is 1. The van der Waals surface area contributed by atoms with Crippen LogP contribution < -0.4 is 5.73 Å². The first-order valence-electron chi connectivity index (χ1n) is 7.27. The smallest absolute Gasteiger partial charge is 0.302 e. The number of hydrogen-bond acceptors (Lipinski definition) is 8. The molecule has 9 nitrogen and oxygen atoms in total. The molecular weight excluding hydrogens is 429 g/mol. The number of nitrogens with zero attached hydrogens (tertiary/aromatic N) is 4. The van der Waals surface area contributed by atoms with E-state index in [1.54, 1.807) is 6.33 Å². The molecule has 0 saturated carbocycles. The van der Waals surface area contributed by atoms with Crippen LogP contribution in [0.1, 0.15) is 20.3 Å². The highest BCUT2D eigenvalue weighted by Gasteiger charge is 2.16. The number of carbonyl (C=O) groups excluding carboxylic acids is 2. The van der Waals surface area contributed by atoms with Gasteiger partial charge in [0.25, 0.3) is 0 Å². The maximum Gasteiger partial charge on any atom is 0.302 e. The summed E-state index contributed by atoms with van der Waals surface area (Å²) >= 11 is 2.08. The zero-order chi connectivity index (χ0) is 17.7. The number of anilines is 1. The SMILES string of the molecule is CC(=O)OCC(CCn1cnc2nc(N)nc(I)c21)COC(C)=O. The number of nitrogen functional groups attached to an aromatic ring is 1. The fraction of sp³-hybridized carbons (Fsp3) is 0.500. The molecule has 2 heterocycles. The number of imidazole rings is 1. The van der Waals surface area contributed by atoms with E-state index in [4.69, 9.17) is 15.2 Å². The molecule has 2 aromatic heterocycles. The van der Waals surface area contributed by atoms with Gasteiger partial charge in [-0.1, -0.05) is 0 Å². The van der Waals surface area contributed by atoms with E-state index < -0.39 is 0 Å². The summed E-state index contributed by atoms with van der Waals surface area (Å²) in [6.45, 7) is 3.66. The minimum Gasteiger partial charge on any atom is -0.465 e. The molecule has 0 atom stereocenters. The maximum absolute atomic E-state index is 11.0. The summed E-state index contributed by atoms with van der Waals surface area (Å²) in [5.41, 5.74) is 6.94. The van der Waals surface area contributed by atoms with E-state index in [0.717, 1.165) is 5.52 Å². The Labute approximate surface area is 152 Å². The zero-order valence-corrected chi connectivity index (χ0v) is 15.5. The van der Waals surface area contributed by atoms with Gasteiger partial charge >= 0.3 is 11.9 Å². The number of esters is 2. The molecule has 0 aromatic carbocycles. The molecule has 0 aliphatic rings. The molecule has 0 aliphatic heterocycles. The van der Waals surface area contributed by atoms with Crippen molar-refractivity contribution in [1.82, 2.24) is 19.5 Å². The van der Waals surface area contributed by atoms with Gasteiger partial charge in [-0.15, -0.1) is 0 Å². The van der Waals surface area contributed by atoms with Crippen LogP contribution in [0, 0.1) is 9.62 Å². The third kappa shape index (κ3) is 5.01. The number of hydrogen-bond donors (Lipinski definition) is 1. The summed E-state index contributed by atoms with van der Waals surface area (Å²) in [4.78, 5) is 34.4. The van der Waals surface area contributed by atoms with Crippen molar-refractivity contribution >= 4 is 51.6 Å². The predicted molar refractivity (Wildman–Crippen MR) is 93.8 cm³/mol. The first kappa shape index (κ1) is 18.4. The largest absolute Gasteiger partial charge is 0.465 e. The van der Waals surface area contributed by atoms with Gasteiger partial charge in [0, 0.05) is 26.3 Å². The Balaban J connectivity index is 2.07. The first-order valence-corrected chi connectivity index (χ1v) is 8.35. The van der Waals surface area contributed by atoms with Crippen molar-refractivity contribution in [2.75, 3.05) is 18.9 Å². The van der Waals surface area contributed by atoms with E-state index in [1.165, 1.54) is 13.8 Å². The minimum absolute atomic E-state index is 0.109. The lowest BCUT2D eigenvalue weighted by atomic mass is 10.1. The van der Waals surface area contributed by atoms with E-state index >= 15 is 0 Å². The number of aryl methyl sites for hydroxylation is 1. The van der Waals surface area contributed by atoms with Crippen molar-refractivity contribution in [3.05, 3.63) is 10.0 Å². The average molecular weight is 447 g/mol. The van der Waals surface area contributed by atoms with Crippen molar-refractivity contribution in [2.24, 2.45) is 5.92 Å². The van der Waals surface area contributed by atoms with Crippen molar-refractivity contribution in [1.29, 1.82) is 0 Å². The van der Waals surface area contributed by atoms with Gasteiger partial charge in [-0.3, -0.25) is 9.59 Å². The highest BCUT2D eigenvalue weighted by Crippen LogP contribution is 2.19. The molecule has 0 spiro atoms. The maximum atomic E-state index is 11.0. The third-order valence-corrected chi connectivity index (χ3v) is 4.02. The molecule has 0 fully saturated rings. The highest BCUT2D eigenvalue weighted by atomic mass is 127. The summed E-state index contributed by atoms with van der Waals surface area (Å²) < 4.78 is 12.7. The lowest BCUT2D eigenvalue weighted by Gasteiger charge is -2.17. The molecule has 0 aliphatic carbocycles. The van der Waals surface area contributed by atoms with Gasteiger partial charge in [-0.05, 0) is 29.0 Å². The van der Waals surface area contributed by atoms with E-state index in [2.05, 4.69) is 37.5 Å². The number of ether oxygens (including phenoxy) is 2. The van der Waals surface area contributed by atoms with Crippen molar-refractivity contribution in [2.45, 2.75) is 26.8 Å². The van der Waals surface area contributed by atoms with Gasteiger partial charge in [0.15, 0.2) is 5.65 Å². The summed E-state index contributed by atoms with van der Waals surface area (Å²) in [7, 11) is 0. The second-order valence-corrected chi connectivity index (χ2v) is 6.26. The molecule has 10 heteroatoms. The number of aromatic nitrogens is 4. The normalized spacial score (nSPS) is 11.0. The Bertz CT molecular complexity index is 730. The minimum atomic E-state index is -0.366. The van der Waals surface area contributed by atoms with E-state index in [9.17, 15) is 9.59 Å². The van der Waals surface area contributed by atoms with Gasteiger partial charge in [-0.2, -0.15) is 4.98 Å². The fourth-order valence-electron chi connectivity index (χ4n) is 2.13. The van der Waals surface area contributed by atoms with Crippen LogP contribution in [0.2, 0.25) is 0 Å².